The average molecular weight is 471 g/mol. The van der Waals surface area contributed by atoms with Crippen LogP contribution in [0.4, 0.5) is 14.9 Å². The lowest BCUT2D eigenvalue weighted by Gasteiger charge is -2.35. The van der Waals surface area contributed by atoms with Gasteiger partial charge in [-0.15, -0.1) is 0 Å². The maximum Gasteiger partial charge on any atom is 0.326 e. The molecule has 5 rings (SSSR count). The van der Waals surface area contributed by atoms with E-state index in [0.717, 1.165) is 16.7 Å². The Morgan fingerprint density at radius 1 is 1.03 bits per heavy atom. The van der Waals surface area contributed by atoms with E-state index in [-0.39, 0.29) is 17.7 Å². The van der Waals surface area contributed by atoms with Gasteiger partial charge in [-0.1, -0.05) is 47.1 Å². The lowest BCUT2D eigenvalue weighted by molar-refractivity contribution is 0.244. The van der Waals surface area contributed by atoms with Gasteiger partial charge in [0.25, 0.3) is 5.89 Å². The number of carbonyl (C=O) groups is 1. The van der Waals surface area contributed by atoms with Crippen LogP contribution in [-0.4, -0.2) is 23.3 Å². The van der Waals surface area contributed by atoms with E-state index in [9.17, 15) is 9.18 Å². The zero-order chi connectivity index (χ0) is 24.5. The number of methoxy groups -OCH3 is 1. The minimum Gasteiger partial charge on any atom is -0.497 e. The SMILES string of the molecule is COc1cccc(-c2noc(C3=C(C)N(c4ccc(F)cc4)C(=O)NC3c3ccc(C)cc3)n2)c1. The van der Waals surface area contributed by atoms with Crippen LogP contribution in [0.3, 0.4) is 0 Å². The van der Waals surface area contributed by atoms with Crippen molar-refractivity contribution in [2.24, 2.45) is 0 Å². The summed E-state index contributed by atoms with van der Waals surface area (Å²) in [6, 6.07) is 20.1. The number of benzene rings is 3. The van der Waals surface area contributed by atoms with Gasteiger partial charge in [0.2, 0.25) is 5.82 Å². The number of nitrogens with one attached hydrogen (secondary N) is 1. The third-order valence-electron chi connectivity index (χ3n) is 5.96. The second kappa shape index (κ2) is 9.06. The molecular formula is C27H23FN4O3. The smallest absolute Gasteiger partial charge is 0.326 e. The van der Waals surface area contributed by atoms with E-state index in [0.29, 0.717) is 28.5 Å². The van der Waals surface area contributed by atoms with E-state index in [1.807, 2.05) is 62.4 Å². The number of urea groups is 1. The highest BCUT2D eigenvalue weighted by molar-refractivity contribution is 6.01. The van der Waals surface area contributed by atoms with Crippen molar-refractivity contribution in [3.8, 4) is 17.1 Å². The summed E-state index contributed by atoms with van der Waals surface area (Å²) in [5, 5.41) is 7.23. The molecule has 35 heavy (non-hydrogen) atoms. The van der Waals surface area contributed by atoms with Gasteiger partial charge >= 0.3 is 6.03 Å². The lowest BCUT2D eigenvalue weighted by atomic mass is 9.94. The number of rotatable bonds is 5. The van der Waals surface area contributed by atoms with Gasteiger partial charge in [0, 0.05) is 11.3 Å². The predicted molar refractivity (Wildman–Crippen MR) is 130 cm³/mol. The number of aryl methyl sites for hydroxylation is 1. The predicted octanol–water partition coefficient (Wildman–Crippen LogP) is 5.89. The highest BCUT2D eigenvalue weighted by Gasteiger charge is 2.36. The maximum absolute atomic E-state index is 13.6. The molecule has 0 radical (unpaired) electrons. The van der Waals surface area contributed by atoms with Crippen molar-refractivity contribution < 1.29 is 18.4 Å². The lowest BCUT2D eigenvalue weighted by Crippen LogP contribution is -2.46. The first-order chi connectivity index (χ1) is 16.9. The zero-order valence-electron chi connectivity index (χ0n) is 19.4. The molecule has 0 saturated carbocycles. The molecule has 1 aromatic heterocycles. The number of nitrogens with zero attached hydrogens (tertiary/aromatic N) is 3. The van der Waals surface area contributed by atoms with Crippen molar-refractivity contribution in [2.45, 2.75) is 19.9 Å². The van der Waals surface area contributed by atoms with Crippen LogP contribution in [0.2, 0.25) is 0 Å². The highest BCUT2D eigenvalue weighted by Crippen LogP contribution is 2.39. The van der Waals surface area contributed by atoms with Gasteiger partial charge in [-0.05, 0) is 55.8 Å². The van der Waals surface area contributed by atoms with Crippen LogP contribution < -0.4 is 15.0 Å². The largest absolute Gasteiger partial charge is 0.497 e. The summed E-state index contributed by atoms with van der Waals surface area (Å²) in [6.07, 6.45) is 0. The van der Waals surface area contributed by atoms with Crippen LogP contribution >= 0.6 is 0 Å². The molecular weight excluding hydrogens is 447 g/mol. The Hall–Kier alpha value is -4.46. The molecule has 2 heterocycles. The number of aromatic nitrogens is 2. The van der Waals surface area contributed by atoms with Crippen LogP contribution in [0.25, 0.3) is 17.0 Å². The topological polar surface area (TPSA) is 80.5 Å². The Bertz CT molecular complexity index is 1410. The monoisotopic (exact) mass is 470 g/mol. The van der Waals surface area contributed by atoms with Crippen LogP contribution in [0.1, 0.15) is 30.0 Å². The van der Waals surface area contributed by atoms with Gasteiger partial charge in [-0.3, -0.25) is 4.90 Å². The number of ether oxygens (including phenoxy) is 1. The molecule has 7 nitrogen and oxygen atoms in total. The number of allylic oxidation sites excluding steroid dienone is 1. The number of hydrogen-bond donors (Lipinski definition) is 1. The summed E-state index contributed by atoms with van der Waals surface area (Å²) in [6.45, 7) is 3.81. The van der Waals surface area contributed by atoms with Crippen LogP contribution in [-0.2, 0) is 0 Å². The molecule has 0 fully saturated rings. The Morgan fingerprint density at radius 2 is 1.77 bits per heavy atom. The van der Waals surface area contributed by atoms with E-state index < -0.39 is 6.04 Å². The zero-order valence-corrected chi connectivity index (χ0v) is 19.4. The van der Waals surface area contributed by atoms with Gasteiger partial charge in [0.05, 0.1) is 24.4 Å². The number of halogens is 1. The molecule has 4 aromatic rings. The summed E-state index contributed by atoms with van der Waals surface area (Å²) in [5.74, 6) is 0.963. The summed E-state index contributed by atoms with van der Waals surface area (Å²) in [5.41, 5.74) is 4.49. The van der Waals surface area contributed by atoms with Gasteiger partial charge < -0.3 is 14.6 Å². The van der Waals surface area contributed by atoms with Crippen molar-refractivity contribution in [3.05, 3.63) is 101 Å². The maximum atomic E-state index is 13.6. The first-order valence-electron chi connectivity index (χ1n) is 11.1. The summed E-state index contributed by atoms with van der Waals surface area (Å²) in [4.78, 5) is 19.4. The number of hydrogen-bond acceptors (Lipinski definition) is 5. The molecule has 1 unspecified atom stereocenters. The fourth-order valence-electron chi connectivity index (χ4n) is 4.14. The number of carbonyl (C=O) groups excluding carboxylic acids is 1. The first kappa shape index (κ1) is 22.3. The van der Waals surface area contributed by atoms with Crippen molar-refractivity contribution in [1.29, 1.82) is 0 Å². The third-order valence-corrected chi connectivity index (χ3v) is 5.96. The second-order valence-electron chi connectivity index (χ2n) is 8.26. The average Bonchev–Trinajstić information content (AvgIpc) is 3.35. The standard InChI is InChI=1S/C27H23FN4O3/c1-16-7-9-18(10-8-16)24-23(17(2)32(27(33)29-24)21-13-11-20(28)12-14-21)26-30-25(31-35-26)19-5-4-6-22(15-19)34-3/h4-15,24H,1-3H3,(H,29,33). The second-order valence-corrected chi connectivity index (χ2v) is 8.26. The van der Waals surface area contributed by atoms with E-state index in [1.165, 1.54) is 17.0 Å². The quantitative estimate of drug-likeness (QED) is 0.393. The molecule has 176 valence electrons. The van der Waals surface area contributed by atoms with Crippen molar-refractivity contribution >= 4 is 17.3 Å². The van der Waals surface area contributed by atoms with E-state index in [4.69, 9.17) is 9.26 Å². The van der Waals surface area contributed by atoms with Crippen molar-refractivity contribution in [1.82, 2.24) is 15.5 Å². The van der Waals surface area contributed by atoms with Gasteiger partial charge in [-0.2, -0.15) is 4.98 Å². The summed E-state index contributed by atoms with van der Waals surface area (Å²) < 4.78 is 24.6. The molecule has 1 aliphatic rings. The molecule has 0 bridgehead atoms. The minimum absolute atomic E-state index is 0.276. The first-order valence-corrected chi connectivity index (χ1v) is 11.1. The Morgan fingerprint density at radius 3 is 2.49 bits per heavy atom. The van der Waals surface area contributed by atoms with Crippen LogP contribution in [0, 0.1) is 12.7 Å². The molecule has 1 atom stereocenters. The molecule has 1 aliphatic heterocycles. The fourth-order valence-corrected chi connectivity index (χ4v) is 4.14. The van der Waals surface area contributed by atoms with E-state index in [1.54, 1.807) is 19.2 Å². The molecule has 0 saturated heterocycles. The molecule has 3 aromatic carbocycles. The molecule has 0 aliphatic carbocycles. The van der Waals surface area contributed by atoms with Gasteiger partial charge in [0.15, 0.2) is 0 Å². The highest BCUT2D eigenvalue weighted by atomic mass is 19.1. The molecule has 8 heteroatoms. The summed E-state index contributed by atoms with van der Waals surface area (Å²) >= 11 is 0. The molecule has 1 N–H and O–H groups in total. The van der Waals surface area contributed by atoms with Crippen molar-refractivity contribution in [2.75, 3.05) is 12.0 Å². The molecule has 0 spiro atoms. The van der Waals surface area contributed by atoms with Crippen molar-refractivity contribution in [3.63, 3.8) is 0 Å². The fraction of sp³-hybridized carbons (Fsp3) is 0.148. The normalized spacial score (nSPS) is 15.8. The van der Waals surface area contributed by atoms with E-state index in [2.05, 4.69) is 15.5 Å². The number of amides is 2. The van der Waals surface area contributed by atoms with E-state index >= 15 is 0 Å². The molecule has 2 amide bonds. The number of anilines is 1. The van der Waals surface area contributed by atoms with Crippen LogP contribution in [0.5, 0.6) is 5.75 Å². The third kappa shape index (κ3) is 4.26. The van der Waals surface area contributed by atoms with Crippen LogP contribution in [0.15, 0.2) is 83.0 Å². The Kier molecular flexibility index (Phi) is 5.78. The van der Waals surface area contributed by atoms with Gasteiger partial charge in [0.1, 0.15) is 11.6 Å². The summed E-state index contributed by atoms with van der Waals surface area (Å²) in [7, 11) is 1.59. The Labute approximate surface area is 201 Å². The van der Waals surface area contributed by atoms with Gasteiger partial charge in [-0.25, -0.2) is 9.18 Å². The Balaban J connectivity index is 1.64. The minimum atomic E-state index is -0.515.